The van der Waals surface area contributed by atoms with Crippen LogP contribution >= 0.6 is 0 Å². The van der Waals surface area contributed by atoms with Crippen LogP contribution in [0.15, 0.2) is 84.9 Å². The van der Waals surface area contributed by atoms with Crippen LogP contribution in [0.4, 0.5) is 0 Å². The van der Waals surface area contributed by atoms with Crippen molar-refractivity contribution in [3.8, 4) is 5.75 Å². The molecule has 0 saturated heterocycles. The van der Waals surface area contributed by atoms with Crippen molar-refractivity contribution in [1.82, 2.24) is 5.32 Å². The van der Waals surface area contributed by atoms with Gasteiger partial charge in [0.1, 0.15) is 5.75 Å². The maximum atomic E-state index is 5.80. The number of rotatable bonds is 9. The van der Waals surface area contributed by atoms with E-state index in [1.165, 1.54) is 16.7 Å². The summed E-state index contributed by atoms with van der Waals surface area (Å²) in [6.07, 6.45) is 1.24. The normalized spacial score (nSPS) is 13.3. The topological polar surface area (TPSA) is 21.3 Å². The molecule has 0 amide bonds. The standard InChI is InChI=1S/C26H31NO/c1-20(2)28-25-16-14-24(15-17-25)26(23-12-8-5-9-13-23)18-19-27-21(3)22-10-6-4-7-11-22/h4-17,20-21,26-27H,18-19H2,1-3H3/t21-,26-/m0/s1. The van der Waals surface area contributed by atoms with Gasteiger partial charge in [0.15, 0.2) is 0 Å². The molecule has 3 aromatic rings. The molecule has 0 aliphatic rings. The average molecular weight is 374 g/mol. The lowest BCUT2D eigenvalue weighted by Crippen LogP contribution is -2.21. The fourth-order valence-electron chi connectivity index (χ4n) is 3.57. The third-order valence-corrected chi connectivity index (χ3v) is 5.04. The molecule has 3 rings (SSSR count). The highest BCUT2D eigenvalue weighted by atomic mass is 16.5. The molecule has 28 heavy (non-hydrogen) atoms. The number of nitrogens with one attached hydrogen (secondary N) is 1. The van der Waals surface area contributed by atoms with Gasteiger partial charge >= 0.3 is 0 Å². The molecular weight excluding hydrogens is 342 g/mol. The van der Waals surface area contributed by atoms with Crippen LogP contribution < -0.4 is 10.1 Å². The number of benzene rings is 3. The number of hydrogen-bond acceptors (Lipinski definition) is 2. The SMILES string of the molecule is CC(C)Oc1ccc([C@@H](CCN[C@@H](C)c2ccccc2)c2ccccc2)cc1. The van der Waals surface area contributed by atoms with Crippen molar-refractivity contribution < 1.29 is 4.74 Å². The highest BCUT2D eigenvalue weighted by Crippen LogP contribution is 2.29. The summed E-state index contributed by atoms with van der Waals surface area (Å²) in [6.45, 7) is 7.30. The zero-order chi connectivity index (χ0) is 19.8. The Morgan fingerprint density at radius 1 is 0.679 bits per heavy atom. The summed E-state index contributed by atoms with van der Waals surface area (Å²) in [5.74, 6) is 1.30. The van der Waals surface area contributed by atoms with Gasteiger partial charge in [-0.2, -0.15) is 0 Å². The van der Waals surface area contributed by atoms with Gasteiger partial charge in [0.05, 0.1) is 6.10 Å². The van der Waals surface area contributed by atoms with E-state index in [-0.39, 0.29) is 6.10 Å². The van der Waals surface area contributed by atoms with E-state index in [0.29, 0.717) is 12.0 Å². The summed E-state index contributed by atoms with van der Waals surface area (Å²) in [4.78, 5) is 0. The van der Waals surface area contributed by atoms with Gasteiger partial charge in [-0.05, 0) is 62.6 Å². The first-order valence-electron chi connectivity index (χ1n) is 10.2. The molecule has 2 atom stereocenters. The van der Waals surface area contributed by atoms with Gasteiger partial charge in [-0.3, -0.25) is 0 Å². The van der Waals surface area contributed by atoms with Gasteiger partial charge in [-0.1, -0.05) is 72.8 Å². The Morgan fingerprint density at radius 2 is 1.21 bits per heavy atom. The predicted molar refractivity (Wildman–Crippen MR) is 118 cm³/mol. The van der Waals surface area contributed by atoms with Crippen LogP contribution in [-0.4, -0.2) is 12.6 Å². The molecule has 1 N–H and O–H groups in total. The summed E-state index contributed by atoms with van der Waals surface area (Å²) < 4.78 is 5.80. The van der Waals surface area contributed by atoms with Gasteiger partial charge < -0.3 is 10.1 Å². The fraction of sp³-hybridized carbons (Fsp3) is 0.308. The Balaban J connectivity index is 1.69. The lowest BCUT2D eigenvalue weighted by atomic mass is 9.88. The Morgan fingerprint density at radius 3 is 1.79 bits per heavy atom. The van der Waals surface area contributed by atoms with E-state index in [9.17, 15) is 0 Å². The second-order valence-electron chi connectivity index (χ2n) is 7.57. The Kier molecular flexibility index (Phi) is 7.27. The molecule has 0 saturated carbocycles. The van der Waals surface area contributed by atoms with Crippen LogP contribution in [0.25, 0.3) is 0 Å². The highest BCUT2D eigenvalue weighted by molar-refractivity contribution is 5.36. The summed E-state index contributed by atoms with van der Waals surface area (Å²) in [5.41, 5.74) is 4.01. The van der Waals surface area contributed by atoms with Crippen molar-refractivity contribution in [2.24, 2.45) is 0 Å². The van der Waals surface area contributed by atoms with E-state index in [4.69, 9.17) is 4.74 Å². The number of hydrogen-bond donors (Lipinski definition) is 1. The molecule has 0 bridgehead atoms. The second-order valence-corrected chi connectivity index (χ2v) is 7.57. The van der Waals surface area contributed by atoms with Crippen LogP contribution in [0.3, 0.4) is 0 Å². The minimum atomic E-state index is 0.194. The molecular formula is C26H31NO. The van der Waals surface area contributed by atoms with Crippen LogP contribution in [0.5, 0.6) is 5.75 Å². The van der Waals surface area contributed by atoms with Crippen molar-refractivity contribution in [2.45, 2.75) is 45.3 Å². The van der Waals surface area contributed by atoms with Crippen molar-refractivity contribution in [1.29, 1.82) is 0 Å². The molecule has 0 spiro atoms. The molecule has 2 nitrogen and oxygen atoms in total. The molecule has 146 valence electrons. The molecule has 0 aliphatic heterocycles. The third kappa shape index (κ3) is 5.71. The van der Waals surface area contributed by atoms with Crippen molar-refractivity contribution >= 4 is 0 Å². The van der Waals surface area contributed by atoms with E-state index in [0.717, 1.165) is 18.7 Å². The molecule has 0 heterocycles. The fourth-order valence-corrected chi connectivity index (χ4v) is 3.57. The lowest BCUT2D eigenvalue weighted by Gasteiger charge is -2.21. The smallest absolute Gasteiger partial charge is 0.119 e. The Bertz CT molecular complexity index is 812. The average Bonchev–Trinajstić information content (AvgIpc) is 2.73. The summed E-state index contributed by atoms with van der Waals surface area (Å²) in [6, 6.07) is 30.3. The highest BCUT2D eigenvalue weighted by Gasteiger charge is 2.15. The van der Waals surface area contributed by atoms with Gasteiger partial charge in [0.2, 0.25) is 0 Å². The van der Waals surface area contributed by atoms with Crippen LogP contribution in [-0.2, 0) is 0 Å². The largest absolute Gasteiger partial charge is 0.491 e. The molecule has 0 aromatic heterocycles. The maximum Gasteiger partial charge on any atom is 0.119 e. The Hall–Kier alpha value is -2.58. The van der Waals surface area contributed by atoms with Gasteiger partial charge in [-0.15, -0.1) is 0 Å². The molecule has 0 unspecified atom stereocenters. The third-order valence-electron chi connectivity index (χ3n) is 5.04. The van der Waals surface area contributed by atoms with Gasteiger partial charge in [-0.25, -0.2) is 0 Å². The second kappa shape index (κ2) is 10.1. The first-order chi connectivity index (χ1) is 13.6. The van der Waals surface area contributed by atoms with Crippen LogP contribution in [0.2, 0.25) is 0 Å². The molecule has 0 aliphatic carbocycles. The molecule has 3 aromatic carbocycles. The first kappa shape index (κ1) is 20.2. The van der Waals surface area contributed by atoms with Gasteiger partial charge in [0.25, 0.3) is 0 Å². The van der Waals surface area contributed by atoms with Crippen molar-refractivity contribution in [3.63, 3.8) is 0 Å². The molecule has 0 fully saturated rings. The Labute approximate surface area is 169 Å². The molecule has 0 radical (unpaired) electrons. The van der Waals surface area contributed by atoms with E-state index in [1.807, 2.05) is 0 Å². The van der Waals surface area contributed by atoms with Crippen LogP contribution in [0, 0.1) is 0 Å². The monoisotopic (exact) mass is 373 g/mol. The minimum Gasteiger partial charge on any atom is -0.491 e. The zero-order valence-electron chi connectivity index (χ0n) is 17.1. The van der Waals surface area contributed by atoms with Crippen molar-refractivity contribution in [2.75, 3.05) is 6.54 Å². The molecule has 2 heteroatoms. The van der Waals surface area contributed by atoms with Crippen molar-refractivity contribution in [3.05, 3.63) is 102 Å². The summed E-state index contributed by atoms with van der Waals surface area (Å²) in [5, 5.41) is 3.68. The lowest BCUT2D eigenvalue weighted by molar-refractivity contribution is 0.242. The number of ether oxygens (including phenoxy) is 1. The van der Waals surface area contributed by atoms with E-state index < -0.39 is 0 Å². The summed E-state index contributed by atoms with van der Waals surface area (Å²) in [7, 11) is 0. The van der Waals surface area contributed by atoms with E-state index in [2.05, 4.69) is 111 Å². The predicted octanol–water partition coefficient (Wildman–Crippen LogP) is 6.35. The van der Waals surface area contributed by atoms with Crippen LogP contribution in [0.1, 0.15) is 55.8 Å². The zero-order valence-corrected chi connectivity index (χ0v) is 17.1. The van der Waals surface area contributed by atoms with E-state index in [1.54, 1.807) is 0 Å². The first-order valence-corrected chi connectivity index (χ1v) is 10.2. The summed E-state index contributed by atoms with van der Waals surface area (Å²) >= 11 is 0. The van der Waals surface area contributed by atoms with Gasteiger partial charge in [0, 0.05) is 12.0 Å². The maximum absolute atomic E-state index is 5.80. The quantitative estimate of drug-likeness (QED) is 0.472. The minimum absolute atomic E-state index is 0.194. The van der Waals surface area contributed by atoms with E-state index >= 15 is 0 Å².